The van der Waals surface area contributed by atoms with Gasteiger partial charge in [-0.05, 0) is 61.5 Å². The summed E-state index contributed by atoms with van der Waals surface area (Å²) in [6, 6.07) is 8.93. The average molecular weight is 256 g/mol. The Balaban J connectivity index is 1.95. The summed E-state index contributed by atoms with van der Waals surface area (Å²) in [6.45, 7) is 6.29. The van der Waals surface area contributed by atoms with Gasteiger partial charge in [-0.25, -0.2) is 0 Å². The molecule has 4 atom stereocenters. The second-order valence-corrected chi connectivity index (χ2v) is 6.81. The third kappa shape index (κ3) is 1.86. The van der Waals surface area contributed by atoms with Gasteiger partial charge in [-0.1, -0.05) is 38.1 Å². The SMILES string of the molecule is CC(=O)[C@@]1(C)CCC2c3ccccc3CCC2C1C. The summed E-state index contributed by atoms with van der Waals surface area (Å²) in [5, 5.41) is 0. The summed E-state index contributed by atoms with van der Waals surface area (Å²) in [4.78, 5) is 12.1. The van der Waals surface area contributed by atoms with Gasteiger partial charge in [0.25, 0.3) is 0 Å². The smallest absolute Gasteiger partial charge is 0.135 e. The molecule has 102 valence electrons. The second-order valence-electron chi connectivity index (χ2n) is 6.81. The minimum Gasteiger partial charge on any atom is -0.299 e. The maximum absolute atomic E-state index is 12.1. The van der Waals surface area contributed by atoms with Crippen molar-refractivity contribution < 1.29 is 4.79 Å². The molecule has 2 aliphatic rings. The fourth-order valence-corrected chi connectivity index (χ4v) is 4.50. The molecule has 0 aromatic heterocycles. The quantitative estimate of drug-likeness (QED) is 0.729. The zero-order valence-corrected chi connectivity index (χ0v) is 12.3. The Hall–Kier alpha value is -1.11. The molecule has 3 unspecified atom stereocenters. The molecular formula is C18H24O. The number of rotatable bonds is 1. The molecule has 1 saturated carbocycles. The van der Waals surface area contributed by atoms with Gasteiger partial charge in [0.1, 0.15) is 5.78 Å². The topological polar surface area (TPSA) is 17.1 Å². The van der Waals surface area contributed by atoms with E-state index in [1.54, 1.807) is 18.1 Å². The number of hydrogen-bond acceptors (Lipinski definition) is 1. The van der Waals surface area contributed by atoms with Crippen molar-refractivity contribution in [3.63, 3.8) is 0 Å². The Morgan fingerprint density at radius 1 is 1.26 bits per heavy atom. The van der Waals surface area contributed by atoms with Crippen molar-refractivity contribution in [1.82, 2.24) is 0 Å². The number of fused-ring (bicyclic) bond motifs is 3. The number of carbonyl (C=O) groups excluding carboxylic acids is 1. The van der Waals surface area contributed by atoms with Gasteiger partial charge < -0.3 is 0 Å². The minimum atomic E-state index is -0.0898. The van der Waals surface area contributed by atoms with Crippen molar-refractivity contribution in [1.29, 1.82) is 0 Å². The summed E-state index contributed by atoms with van der Waals surface area (Å²) in [5.41, 5.74) is 3.02. The highest BCUT2D eigenvalue weighted by Crippen LogP contribution is 2.54. The highest BCUT2D eigenvalue weighted by atomic mass is 16.1. The van der Waals surface area contributed by atoms with Gasteiger partial charge in [0.05, 0.1) is 0 Å². The summed E-state index contributed by atoms with van der Waals surface area (Å²) in [5.74, 6) is 2.28. The number of aryl methyl sites for hydroxylation is 1. The van der Waals surface area contributed by atoms with Gasteiger partial charge in [-0.3, -0.25) is 4.79 Å². The molecule has 3 rings (SSSR count). The van der Waals surface area contributed by atoms with E-state index in [4.69, 9.17) is 0 Å². The van der Waals surface area contributed by atoms with Gasteiger partial charge >= 0.3 is 0 Å². The highest BCUT2D eigenvalue weighted by Gasteiger charge is 2.48. The van der Waals surface area contributed by atoms with E-state index in [9.17, 15) is 4.79 Å². The van der Waals surface area contributed by atoms with E-state index in [-0.39, 0.29) is 5.41 Å². The molecule has 0 aliphatic heterocycles. The highest BCUT2D eigenvalue weighted by molar-refractivity contribution is 5.82. The molecule has 1 aromatic carbocycles. The Morgan fingerprint density at radius 2 is 2.00 bits per heavy atom. The first-order valence-corrected chi connectivity index (χ1v) is 7.63. The third-order valence-corrected chi connectivity index (χ3v) is 6.14. The van der Waals surface area contributed by atoms with E-state index >= 15 is 0 Å². The summed E-state index contributed by atoms with van der Waals surface area (Å²) in [6.07, 6.45) is 4.68. The normalized spacial score (nSPS) is 37.3. The largest absolute Gasteiger partial charge is 0.299 e. The first kappa shape index (κ1) is 12.9. The van der Waals surface area contributed by atoms with Crippen LogP contribution in [-0.4, -0.2) is 5.78 Å². The Morgan fingerprint density at radius 3 is 2.74 bits per heavy atom. The van der Waals surface area contributed by atoms with Crippen LogP contribution in [0.25, 0.3) is 0 Å². The molecule has 0 radical (unpaired) electrons. The molecule has 0 bridgehead atoms. The van der Waals surface area contributed by atoms with Gasteiger partial charge in [0, 0.05) is 5.41 Å². The first-order valence-electron chi connectivity index (χ1n) is 7.63. The molecule has 0 amide bonds. The maximum Gasteiger partial charge on any atom is 0.135 e. The van der Waals surface area contributed by atoms with Crippen LogP contribution in [0.1, 0.15) is 57.1 Å². The van der Waals surface area contributed by atoms with Crippen LogP contribution in [-0.2, 0) is 11.2 Å². The second kappa shape index (κ2) is 4.47. The Kier molecular flexibility index (Phi) is 3.03. The molecule has 1 heteroatoms. The Bertz CT molecular complexity index is 504. The van der Waals surface area contributed by atoms with Crippen LogP contribution in [0.15, 0.2) is 24.3 Å². The predicted molar refractivity (Wildman–Crippen MR) is 78.2 cm³/mol. The van der Waals surface area contributed by atoms with Crippen LogP contribution >= 0.6 is 0 Å². The standard InChI is InChI=1S/C18H24O/c1-12-15-9-8-14-6-4-5-7-16(14)17(15)10-11-18(12,3)13(2)19/h4-7,12,15,17H,8-11H2,1-3H3/t12?,15?,17?,18-/m0/s1. The monoisotopic (exact) mass is 256 g/mol. The number of Topliss-reactive ketones (excluding diaryl/α,β-unsaturated/α-hetero) is 1. The minimum absolute atomic E-state index is 0.0898. The van der Waals surface area contributed by atoms with Crippen molar-refractivity contribution >= 4 is 5.78 Å². The zero-order valence-electron chi connectivity index (χ0n) is 12.3. The number of hydrogen-bond donors (Lipinski definition) is 0. The van der Waals surface area contributed by atoms with Gasteiger partial charge in [-0.15, -0.1) is 0 Å². The predicted octanol–water partition coefficient (Wildman–Crippen LogP) is 4.36. The molecule has 1 aromatic rings. The van der Waals surface area contributed by atoms with Crippen molar-refractivity contribution in [2.75, 3.05) is 0 Å². The lowest BCUT2D eigenvalue weighted by molar-refractivity contribution is -0.132. The molecule has 0 saturated heterocycles. The van der Waals surface area contributed by atoms with Gasteiger partial charge in [0.15, 0.2) is 0 Å². The molecule has 2 aliphatic carbocycles. The van der Waals surface area contributed by atoms with Crippen LogP contribution in [0.4, 0.5) is 0 Å². The van der Waals surface area contributed by atoms with E-state index < -0.39 is 0 Å². The maximum atomic E-state index is 12.1. The van der Waals surface area contributed by atoms with Crippen LogP contribution in [0.2, 0.25) is 0 Å². The Labute approximate surface area is 116 Å². The van der Waals surface area contributed by atoms with Crippen molar-refractivity contribution in [2.45, 2.75) is 52.4 Å². The lowest BCUT2D eigenvalue weighted by atomic mass is 9.54. The average Bonchev–Trinajstić information content (AvgIpc) is 2.42. The van der Waals surface area contributed by atoms with Crippen molar-refractivity contribution in [3.05, 3.63) is 35.4 Å². The molecule has 0 spiro atoms. The summed E-state index contributed by atoms with van der Waals surface area (Å²) >= 11 is 0. The number of carbonyl (C=O) groups is 1. The van der Waals surface area contributed by atoms with Crippen LogP contribution in [0.3, 0.4) is 0 Å². The molecule has 1 nitrogen and oxygen atoms in total. The summed E-state index contributed by atoms with van der Waals surface area (Å²) in [7, 11) is 0. The fraction of sp³-hybridized carbons (Fsp3) is 0.611. The van der Waals surface area contributed by atoms with Crippen LogP contribution in [0.5, 0.6) is 0 Å². The van der Waals surface area contributed by atoms with Gasteiger partial charge in [0.2, 0.25) is 0 Å². The van der Waals surface area contributed by atoms with E-state index in [0.29, 0.717) is 23.5 Å². The van der Waals surface area contributed by atoms with Crippen LogP contribution < -0.4 is 0 Å². The molecule has 19 heavy (non-hydrogen) atoms. The van der Waals surface area contributed by atoms with Gasteiger partial charge in [-0.2, -0.15) is 0 Å². The molecule has 0 N–H and O–H groups in total. The van der Waals surface area contributed by atoms with Crippen molar-refractivity contribution in [3.8, 4) is 0 Å². The molecular weight excluding hydrogens is 232 g/mol. The molecule has 1 fully saturated rings. The number of benzene rings is 1. The van der Waals surface area contributed by atoms with E-state index in [0.717, 1.165) is 6.42 Å². The lowest BCUT2D eigenvalue weighted by Crippen LogP contribution is -2.44. The van der Waals surface area contributed by atoms with E-state index in [1.807, 2.05) is 0 Å². The zero-order chi connectivity index (χ0) is 13.6. The summed E-state index contributed by atoms with van der Waals surface area (Å²) < 4.78 is 0. The van der Waals surface area contributed by atoms with Crippen molar-refractivity contribution in [2.24, 2.45) is 17.3 Å². The van der Waals surface area contributed by atoms with E-state index in [2.05, 4.69) is 38.1 Å². The third-order valence-electron chi connectivity index (χ3n) is 6.14. The molecule has 0 heterocycles. The van der Waals surface area contributed by atoms with Crippen LogP contribution in [0, 0.1) is 17.3 Å². The van der Waals surface area contributed by atoms with E-state index in [1.165, 1.54) is 19.3 Å². The first-order chi connectivity index (χ1) is 9.04. The number of ketones is 1. The lowest BCUT2D eigenvalue weighted by Gasteiger charge is -2.49. The fourth-order valence-electron chi connectivity index (χ4n) is 4.50.